The molecule has 0 aromatic heterocycles. The lowest BCUT2D eigenvalue weighted by molar-refractivity contribution is -0.159. The van der Waals surface area contributed by atoms with Crippen molar-refractivity contribution < 1.29 is 9.47 Å². The molecule has 2 nitrogen and oxygen atoms in total. The number of ether oxygens (including phenoxy) is 2. The van der Waals surface area contributed by atoms with Crippen LogP contribution in [0.1, 0.15) is 24.8 Å². The van der Waals surface area contributed by atoms with E-state index >= 15 is 0 Å². The van der Waals surface area contributed by atoms with Crippen LogP contribution in [0.15, 0.2) is 30.3 Å². The SMILES string of the molecule is Clc1ccc(C2=CCC3(CC2)OCCO3)cc1. The summed E-state index contributed by atoms with van der Waals surface area (Å²) in [6, 6.07) is 8.01. The number of benzene rings is 1. The Kier molecular flexibility index (Phi) is 2.95. The lowest BCUT2D eigenvalue weighted by Gasteiger charge is -2.30. The molecule has 1 aromatic rings. The summed E-state index contributed by atoms with van der Waals surface area (Å²) in [6.45, 7) is 1.45. The van der Waals surface area contributed by atoms with Crippen LogP contribution in [-0.4, -0.2) is 19.0 Å². The molecule has 1 aromatic carbocycles. The number of hydrogen-bond donors (Lipinski definition) is 0. The lowest BCUT2D eigenvalue weighted by Crippen LogP contribution is -2.31. The molecule has 1 spiro atoms. The zero-order valence-corrected chi connectivity index (χ0v) is 10.4. The highest BCUT2D eigenvalue weighted by Gasteiger charge is 2.37. The number of allylic oxidation sites excluding steroid dienone is 1. The summed E-state index contributed by atoms with van der Waals surface area (Å²) in [5.74, 6) is -0.323. The number of rotatable bonds is 1. The van der Waals surface area contributed by atoms with E-state index in [4.69, 9.17) is 21.1 Å². The van der Waals surface area contributed by atoms with Crippen LogP contribution in [0.2, 0.25) is 5.02 Å². The molecular formula is C14H15ClO2. The monoisotopic (exact) mass is 250 g/mol. The van der Waals surface area contributed by atoms with Gasteiger partial charge in [0.15, 0.2) is 5.79 Å². The Morgan fingerprint density at radius 1 is 1.06 bits per heavy atom. The van der Waals surface area contributed by atoms with Gasteiger partial charge in [-0.1, -0.05) is 29.8 Å². The van der Waals surface area contributed by atoms with Gasteiger partial charge in [-0.2, -0.15) is 0 Å². The molecule has 0 radical (unpaired) electrons. The summed E-state index contributed by atoms with van der Waals surface area (Å²) in [6.07, 6.45) is 5.03. The zero-order chi connectivity index (χ0) is 11.7. The Bertz CT molecular complexity index is 430. The third-order valence-corrected chi connectivity index (χ3v) is 3.72. The van der Waals surface area contributed by atoms with Gasteiger partial charge in [0.2, 0.25) is 0 Å². The molecule has 1 saturated heterocycles. The molecule has 1 aliphatic carbocycles. The fourth-order valence-electron chi connectivity index (χ4n) is 2.49. The summed E-state index contributed by atoms with van der Waals surface area (Å²) in [5.41, 5.74) is 2.62. The van der Waals surface area contributed by atoms with Crippen molar-refractivity contribution in [3.8, 4) is 0 Å². The van der Waals surface area contributed by atoms with E-state index in [1.54, 1.807) is 0 Å². The third kappa shape index (κ3) is 2.25. The van der Waals surface area contributed by atoms with E-state index in [0.29, 0.717) is 0 Å². The topological polar surface area (TPSA) is 18.5 Å². The highest BCUT2D eigenvalue weighted by molar-refractivity contribution is 6.30. The Morgan fingerprint density at radius 3 is 2.35 bits per heavy atom. The first-order chi connectivity index (χ1) is 8.27. The van der Waals surface area contributed by atoms with E-state index in [2.05, 4.69) is 18.2 Å². The molecule has 1 aliphatic heterocycles. The molecule has 0 N–H and O–H groups in total. The van der Waals surface area contributed by atoms with Gasteiger partial charge in [-0.15, -0.1) is 0 Å². The van der Waals surface area contributed by atoms with Gasteiger partial charge in [-0.05, 0) is 29.7 Å². The zero-order valence-electron chi connectivity index (χ0n) is 9.62. The first-order valence-electron chi connectivity index (χ1n) is 6.00. The van der Waals surface area contributed by atoms with Crippen molar-refractivity contribution in [3.63, 3.8) is 0 Å². The second kappa shape index (κ2) is 4.45. The maximum Gasteiger partial charge on any atom is 0.172 e. The molecule has 90 valence electrons. The minimum absolute atomic E-state index is 0.323. The molecule has 1 heterocycles. The molecule has 3 heteroatoms. The fourth-order valence-corrected chi connectivity index (χ4v) is 2.62. The summed E-state index contributed by atoms with van der Waals surface area (Å²) >= 11 is 5.89. The van der Waals surface area contributed by atoms with E-state index in [0.717, 1.165) is 37.5 Å². The van der Waals surface area contributed by atoms with E-state index < -0.39 is 0 Å². The van der Waals surface area contributed by atoms with E-state index in [1.165, 1.54) is 11.1 Å². The van der Waals surface area contributed by atoms with Crippen LogP contribution in [0.4, 0.5) is 0 Å². The summed E-state index contributed by atoms with van der Waals surface area (Å²) in [4.78, 5) is 0. The molecule has 0 unspecified atom stereocenters. The van der Waals surface area contributed by atoms with Crippen LogP contribution in [0.3, 0.4) is 0 Å². The molecule has 0 atom stereocenters. The van der Waals surface area contributed by atoms with Crippen molar-refractivity contribution in [3.05, 3.63) is 40.9 Å². The van der Waals surface area contributed by atoms with Gasteiger partial charge < -0.3 is 9.47 Å². The largest absolute Gasteiger partial charge is 0.347 e. The van der Waals surface area contributed by atoms with Crippen LogP contribution in [0.5, 0.6) is 0 Å². The average Bonchev–Trinajstić information content (AvgIpc) is 2.80. The Balaban J connectivity index is 1.78. The lowest BCUT2D eigenvalue weighted by atomic mass is 9.90. The minimum atomic E-state index is -0.323. The van der Waals surface area contributed by atoms with Crippen LogP contribution in [0, 0.1) is 0 Å². The number of halogens is 1. The Labute approximate surface area is 106 Å². The van der Waals surface area contributed by atoms with Crippen molar-refractivity contribution in [2.75, 3.05) is 13.2 Å². The van der Waals surface area contributed by atoms with Crippen molar-refractivity contribution in [2.24, 2.45) is 0 Å². The second-order valence-electron chi connectivity index (χ2n) is 4.55. The maximum atomic E-state index is 5.89. The predicted molar refractivity (Wildman–Crippen MR) is 67.9 cm³/mol. The molecule has 2 aliphatic rings. The highest BCUT2D eigenvalue weighted by Crippen LogP contribution is 2.38. The van der Waals surface area contributed by atoms with Gasteiger partial charge >= 0.3 is 0 Å². The van der Waals surface area contributed by atoms with Crippen LogP contribution in [-0.2, 0) is 9.47 Å². The van der Waals surface area contributed by atoms with Crippen LogP contribution in [0.25, 0.3) is 5.57 Å². The van der Waals surface area contributed by atoms with Gasteiger partial charge in [0.1, 0.15) is 0 Å². The quantitative estimate of drug-likeness (QED) is 0.758. The summed E-state index contributed by atoms with van der Waals surface area (Å²) in [7, 11) is 0. The second-order valence-corrected chi connectivity index (χ2v) is 4.98. The van der Waals surface area contributed by atoms with E-state index in [-0.39, 0.29) is 5.79 Å². The standard InChI is InChI=1S/C14H15ClO2/c15-13-3-1-11(2-4-13)12-5-7-14(8-6-12)16-9-10-17-14/h1-5H,6-10H2. The first-order valence-corrected chi connectivity index (χ1v) is 6.38. The normalized spacial score (nSPS) is 22.8. The molecule has 3 rings (SSSR count). The van der Waals surface area contributed by atoms with E-state index in [1.807, 2.05) is 12.1 Å². The summed E-state index contributed by atoms with van der Waals surface area (Å²) in [5, 5.41) is 0.782. The highest BCUT2D eigenvalue weighted by atomic mass is 35.5. The minimum Gasteiger partial charge on any atom is -0.347 e. The smallest absolute Gasteiger partial charge is 0.172 e. The average molecular weight is 251 g/mol. The maximum absolute atomic E-state index is 5.89. The van der Waals surface area contributed by atoms with Crippen molar-refractivity contribution in [1.29, 1.82) is 0 Å². The van der Waals surface area contributed by atoms with Gasteiger partial charge in [0.25, 0.3) is 0 Å². The van der Waals surface area contributed by atoms with Crippen LogP contribution < -0.4 is 0 Å². The fraction of sp³-hybridized carbons (Fsp3) is 0.429. The molecule has 17 heavy (non-hydrogen) atoms. The Hall–Kier alpha value is -0.830. The van der Waals surface area contributed by atoms with Gasteiger partial charge in [-0.3, -0.25) is 0 Å². The molecular weight excluding hydrogens is 236 g/mol. The van der Waals surface area contributed by atoms with Crippen molar-refractivity contribution in [1.82, 2.24) is 0 Å². The number of hydrogen-bond acceptors (Lipinski definition) is 2. The van der Waals surface area contributed by atoms with Crippen molar-refractivity contribution >= 4 is 17.2 Å². The van der Waals surface area contributed by atoms with Crippen LogP contribution >= 0.6 is 11.6 Å². The Morgan fingerprint density at radius 2 is 1.76 bits per heavy atom. The first kappa shape index (κ1) is 11.3. The molecule has 0 saturated carbocycles. The molecule has 0 bridgehead atoms. The molecule has 0 amide bonds. The molecule has 1 fully saturated rings. The van der Waals surface area contributed by atoms with Crippen molar-refractivity contribution in [2.45, 2.75) is 25.0 Å². The predicted octanol–water partition coefficient (Wildman–Crippen LogP) is 3.65. The van der Waals surface area contributed by atoms with Gasteiger partial charge in [0.05, 0.1) is 13.2 Å². The van der Waals surface area contributed by atoms with Gasteiger partial charge in [-0.25, -0.2) is 0 Å². The van der Waals surface area contributed by atoms with E-state index in [9.17, 15) is 0 Å². The summed E-state index contributed by atoms with van der Waals surface area (Å²) < 4.78 is 11.4. The van der Waals surface area contributed by atoms with Gasteiger partial charge in [0, 0.05) is 17.9 Å². The third-order valence-electron chi connectivity index (χ3n) is 3.46.